The van der Waals surface area contributed by atoms with Crippen molar-refractivity contribution in [1.29, 1.82) is 0 Å². The molecule has 0 aliphatic carbocycles. The van der Waals surface area contributed by atoms with Crippen LogP contribution in [0.5, 0.6) is 0 Å². The number of fused-ring (bicyclic) bond motifs is 5. The summed E-state index contributed by atoms with van der Waals surface area (Å²) >= 11 is 0. The molecule has 0 saturated carbocycles. The maximum Gasteiger partial charge on any atom is 2.00 e. The Labute approximate surface area is 182 Å². The molecule has 3 aromatic rings. The summed E-state index contributed by atoms with van der Waals surface area (Å²) in [4.78, 5) is 0. The van der Waals surface area contributed by atoms with Gasteiger partial charge in [0, 0.05) is 6.04 Å². The van der Waals surface area contributed by atoms with E-state index in [1.165, 1.54) is 56.2 Å². The standard InChI is InChI=1S/C22H22N.Sr/c1-13-6-7-18-8-9-23-17(5)16(4)21-15(3)10-14(2)12-20(21)22(23)19(18)11-13;/h6-12H,1-5H3;/q-1;+2. The molecule has 2 heteroatoms. The molecule has 1 aromatic heterocycles. The molecule has 2 aromatic carbocycles. The SMILES string of the molecule is Cc1cc(C)c2c(c1)-c1c3cc(C)ccc3cc[n+]1[C-](C)[C-]2C.[Sr+2]. The Morgan fingerprint density at radius 1 is 0.875 bits per heavy atom. The molecule has 0 N–H and O–H groups in total. The Hall–Kier alpha value is -0.929. The molecule has 0 saturated heterocycles. The van der Waals surface area contributed by atoms with Crippen LogP contribution in [0.1, 0.15) is 36.1 Å². The van der Waals surface area contributed by atoms with Crippen molar-refractivity contribution in [2.24, 2.45) is 0 Å². The summed E-state index contributed by atoms with van der Waals surface area (Å²) < 4.78 is 2.36. The smallest absolute Gasteiger partial charge is 0.345 e. The molecular formula is C22H22NSr+. The molecule has 24 heavy (non-hydrogen) atoms. The van der Waals surface area contributed by atoms with Gasteiger partial charge in [0.25, 0.3) is 0 Å². The van der Waals surface area contributed by atoms with E-state index in [0.717, 1.165) is 0 Å². The largest absolute Gasteiger partial charge is 2.00 e. The van der Waals surface area contributed by atoms with Gasteiger partial charge in [0.1, 0.15) is 0 Å². The van der Waals surface area contributed by atoms with Gasteiger partial charge in [-0.15, -0.1) is 23.6 Å². The van der Waals surface area contributed by atoms with Gasteiger partial charge in [0.15, 0.2) is 0 Å². The average molecular weight is 388 g/mol. The third kappa shape index (κ3) is 2.61. The number of aromatic nitrogens is 1. The number of benzene rings is 2. The normalized spacial score (nSPS) is 12.7. The van der Waals surface area contributed by atoms with Crippen LogP contribution in [0.4, 0.5) is 0 Å². The van der Waals surface area contributed by atoms with Crippen molar-refractivity contribution in [3.8, 4) is 11.3 Å². The molecule has 0 amide bonds. The summed E-state index contributed by atoms with van der Waals surface area (Å²) in [6.45, 7) is 11.1. The van der Waals surface area contributed by atoms with Crippen molar-refractivity contribution in [2.75, 3.05) is 0 Å². The predicted molar refractivity (Wildman–Crippen MR) is 102 cm³/mol. The number of hydrogen-bond acceptors (Lipinski definition) is 0. The molecular weight excluding hydrogens is 366 g/mol. The summed E-state index contributed by atoms with van der Waals surface area (Å²) in [5.74, 6) is 1.38. The van der Waals surface area contributed by atoms with Crippen LogP contribution in [-0.4, -0.2) is 45.5 Å². The van der Waals surface area contributed by atoms with E-state index in [-0.39, 0.29) is 45.5 Å². The molecule has 0 radical (unpaired) electrons. The molecule has 0 spiro atoms. The summed E-state index contributed by atoms with van der Waals surface area (Å²) in [6, 6.07) is 14.9. The topological polar surface area (TPSA) is 3.88 Å². The van der Waals surface area contributed by atoms with Crippen molar-refractivity contribution < 1.29 is 4.57 Å². The van der Waals surface area contributed by atoms with Gasteiger partial charge in [-0.1, -0.05) is 43.2 Å². The third-order valence-corrected chi connectivity index (χ3v) is 5.12. The Bertz CT molecular complexity index is 942. The minimum Gasteiger partial charge on any atom is -0.345 e. The van der Waals surface area contributed by atoms with Crippen LogP contribution in [-0.2, 0) is 0 Å². The van der Waals surface area contributed by atoms with Crippen molar-refractivity contribution in [3.05, 3.63) is 76.8 Å². The second-order valence-electron chi connectivity index (χ2n) is 6.84. The van der Waals surface area contributed by atoms with Gasteiger partial charge in [-0.05, 0) is 37.6 Å². The number of rotatable bonds is 0. The quantitative estimate of drug-likeness (QED) is 0.299. The molecule has 116 valence electrons. The number of pyridine rings is 1. The van der Waals surface area contributed by atoms with Gasteiger partial charge in [-0.3, -0.25) is 0 Å². The first-order valence-corrected chi connectivity index (χ1v) is 8.22. The van der Waals surface area contributed by atoms with E-state index >= 15 is 0 Å². The van der Waals surface area contributed by atoms with Crippen molar-refractivity contribution in [2.45, 2.75) is 34.6 Å². The minimum atomic E-state index is 0. The first-order chi connectivity index (χ1) is 11.0. The van der Waals surface area contributed by atoms with Crippen LogP contribution in [0.3, 0.4) is 0 Å². The fourth-order valence-electron chi connectivity index (χ4n) is 3.95. The summed E-state index contributed by atoms with van der Waals surface area (Å²) in [6.07, 6.45) is 2.21. The van der Waals surface area contributed by atoms with E-state index in [9.17, 15) is 0 Å². The molecule has 4 rings (SSSR count). The van der Waals surface area contributed by atoms with E-state index < -0.39 is 0 Å². The zero-order valence-electron chi connectivity index (χ0n) is 15.2. The van der Waals surface area contributed by atoms with Crippen molar-refractivity contribution in [1.82, 2.24) is 0 Å². The maximum atomic E-state index is 2.36. The van der Waals surface area contributed by atoms with E-state index in [2.05, 4.69) is 81.8 Å². The second-order valence-corrected chi connectivity index (χ2v) is 6.84. The predicted octanol–water partition coefficient (Wildman–Crippen LogP) is 4.69. The Balaban J connectivity index is 0.00000169. The van der Waals surface area contributed by atoms with Crippen LogP contribution in [0.25, 0.3) is 22.0 Å². The Morgan fingerprint density at radius 2 is 1.62 bits per heavy atom. The number of aryl methyl sites for hydroxylation is 3. The van der Waals surface area contributed by atoms with Gasteiger partial charge < -0.3 is 4.57 Å². The summed E-state index contributed by atoms with van der Waals surface area (Å²) in [7, 11) is 0. The maximum absolute atomic E-state index is 2.36. The van der Waals surface area contributed by atoms with E-state index in [0.29, 0.717) is 0 Å². The fraction of sp³-hybridized carbons (Fsp3) is 0.227. The van der Waals surface area contributed by atoms with Gasteiger partial charge in [0.2, 0.25) is 0 Å². The molecule has 0 fully saturated rings. The third-order valence-electron chi connectivity index (χ3n) is 5.12. The molecule has 0 atom stereocenters. The zero-order chi connectivity index (χ0) is 16.3. The van der Waals surface area contributed by atoms with Crippen molar-refractivity contribution in [3.63, 3.8) is 0 Å². The Kier molecular flexibility index (Phi) is 4.78. The van der Waals surface area contributed by atoms with Crippen LogP contribution >= 0.6 is 0 Å². The van der Waals surface area contributed by atoms with Gasteiger partial charge in [-0.2, -0.15) is 11.1 Å². The molecule has 0 bridgehead atoms. The number of nitrogens with zero attached hydrogens (tertiary/aromatic N) is 1. The molecule has 2 heterocycles. The van der Waals surface area contributed by atoms with Crippen molar-refractivity contribution >= 4 is 56.3 Å². The van der Waals surface area contributed by atoms with Crippen LogP contribution in [0.2, 0.25) is 0 Å². The van der Waals surface area contributed by atoms with Crippen LogP contribution in [0.15, 0.2) is 42.6 Å². The van der Waals surface area contributed by atoms with E-state index in [1.807, 2.05) is 0 Å². The van der Waals surface area contributed by atoms with Crippen LogP contribution in [0, 0.1) is 32.7 Å². The molecule has 1 aliphatic rings. The van der Waals surface area contributed by atoms with Gasteiger partial charge in [-0.25, -0.2) is 0 Å². The average Bonchev–Trinajstić information content (AvgIpc) is 2.50. The zero-order valence-corrected chi connectivity index (χ0v) is 18.7. The fourth-order valence-corrected chi connectivity index (χ4v) is 3.95. The van der Waals surface area contributed by atoms with E-state index in [4.69, 9.17) is 0 Å². The minimum absolute atomic E-state index is 0. The van der Waals surface area contributed by atoms with Crippen LogP contribution < -0.4 is 4.57 Å². The molecule has 0 unspecified atom stereocenters. The molecule has 1 aliphatic heterocycles. The van der Waals surface area contributed by atoms with E-state index in [1.54, 1.807) is 0 Å². The first kappa shape index (κ1) is 17.9. The second kappa shape index (κ2) is 6.42. The summed E-state index contributed by atoms with van der Waals surface area (Å²) in [5, 5.41) is 2.64. The number of hydrogen-bond donors (Lipinski definition) is 0. The first-order valence-electron chi connectivity index (χ1n) is 8.22. The monoisotopic (exact) mass is 388 g/mol. The molecule has 1 nitrogen and oxygen atoms in total. The Morgan fingerprint density at radius 3 is 2.38 bits per heavy atom. The van der Waals surface area contributed by atoms with Gasteiger partial charge in [0.05, 0.1) is 11.9 Å². The summed E-state index contributed by atoms with van der Waals surface area (Å²) in [5.41, 5.74) is 8.10. The van der Waals surface area contributed by atoms with Gasteiger partial charge >= 0.3 is 45.5 Å².